The van der Waals surface area contributed by atoms with Gasteiger partial charge in [-0.3, -0.25) is 4.79 Å². The Bertz CT molecular complexity index is 1090. The fraction of sp³-hybridized carbons (Fsp3) is 0.917. The molecular formula is C36H60N2O7. The summed E-state index contributed by atoms with van der Waals surface area (Å²) in [6.07, 6.45) is 7.57. The summed E-state index contributed by atoms with van der Waals surface area (Å²) in [7, 11) is 0. The van der Waals surface area contributed by atoms with Crippen LogP contribution in [0.4, 0.5) is 0 Å². The molecule has 9 nitrogen and oxygen atoms in total. The highest BCUT2D eigenvalue weighted by Gasteiger charge is 2.66. The minimum absolute atomic E-state index is 0.0524. The molecule has 6 aliphatic carbocycles. The smallest absolute Gasteiger partial charge is 0.200 e. The van der Waals surface area contributed by atoms with Crippen LogP contribution < -0.4 is 5.73 Å². The Morgan fingerprint density at radius 3 is 2.16 bits per heavy atom. The zero-order valence-electron chi connectivity index (χ0n) is 27.5. The van der Waals surface area contributed by atoms with E-state index in [4.69, 9.17) is 5.73 Å². The molecule has 0 amide bonds. The minimum Gasteiger partial charge on any atom is -0.512 e. The normalized spacial score (nSPS) is 47.5. The Morgan fingerprint density at radius 1 is 0.867 bits per heavy atom. The van der Waals surface area contributed by atoms with Gasteiger partial charge in [-0.2, -0.15) is 0 Å². The maximum atomic E-state index is 13.4. The number of aliphatic hydroxyl groups is 6. The van der Waals surface area contributed by atoms with Crippen LogP contribution in [-0.2, 0) is 4.79 Å². The Balaban J connectivity index is 1.25. The summed E-state index contributed by atoms with van der Waals surface area (Å²) in [4.78, 5) is 16.1. The van der Waals surface area contributed by atoms with Crippen molar-refractivity contribution in [3.8, 4) is 0 Å². The van der Waals surface area contributed by atoms with E-state index in [9.17, 15) is 35.4 Å². The van der Waals surface area contributed by atoms with E-state index in [-0.39, 0.29) is 24.0 Å². The predicted octanol–water partition coefficient (Wildman–Crippen LogP) is 3.12. The molecule has 8 N–H and O–H groups in total. The largest absolute Gasteiger partial charge is 0.512 e. The van der Waals surface area contributed by atoms with Crippen LogP contribution in [0.15, 0.2) is 11.3 Å². The maximum absolute atomic E-state index is 13.4. The molecule has 45 heavy (non-hydrogen) atoms. The number of nitrogens with two attached hydrogens (primary N) is 1. The lowest BCUT2D eigenvalue weighted by atomic mass is 9.46. The van der Waals surface area contributed by atoms with Gasteiger partial charge >= 0.3 is 0 Å². The quantitative estimate of drug-likeness (QED) is 0.199. The molecule has 0 saturated heterocycles. The second kappa shape index (κ2) is 13.4. The molecule has 15 atom stereocenters. The molecule has 0 aromatic rings. The van der Waals surface area contributed by atoms with Gasteiger partial charge in [0.15, 0.2) is 5.60 Å². The van der Waals surface area contributed by atoms with Gasteiger partial charge in [-0.25, -0.2) is 0 Å². The summed E-state index contributed by atoms with van der Waals surface area (Å²) in [5.74, 6) is -0.0870. The third-order valence-electron chi connectivity index (χ3n) is 13.9. The summed E-state index contributed by atoms with van der Waals surface area (Å²) in [6.45, 7) is 8.10. The summed E-state index contributed by atoms with van der Waals surface area (Å²) in [5.41, 5.74) is 2.87. The molecule has 6 rings (SSSR count). The Hall–Kier alpha value is -1.07. The van der Waals surface area contributed by atoms with Crippen LogP contribution >= 0.6 is 0 Å². The van der Waals surface area contributed by atoms with Crippen LogP contribution in [0.2, 0.25) is 0 Å². The molecule has 256 valence electrons. The zero-order chi connectivity index (χ0) is 32.2. The van der Waals surface area contributed by atoms with Crippen LogP contribution in [0, 0.1) is 59.2 Å². The van der Waals surface area contributed by atoms with E-state index < -0.39 is 59.3 Å². The van der Waals surface area contributed by atoms with Crippen molar-refractivity contribution in [2.24, 2.45) is 64.9 Å². The van der Waals surface area contributed by atoms with Crippen molar-refractivity contribution in [2.75, 3.05) is 19.6 Å². The number of ketones is 1. The van der Waals surface area contributed by atoms with Gasteiger partial charge in [-0.05, 0) is 119 Å². The third-order valence-corrected chi connectivity index (χ3v) is 13.9. The SMILES string of the molecule is CCCN(CCC)CC1CCC(C2CCC(O)C3C(O)C4C(O)[C@]5(O)C(=O)C(C(N)O)=C(O)C[C@@H]5C[C@@H]4CC23)C2CCCCC12. The van der Waals surface area contributed by atoms with Crippen molar-refractivity contribution in [3.05, 3.63) is 11.3 Å². The zero-order valence-corrected chi connectivity index (χ0v) is 27.5. The highest BCUT2D eigenvalue weighted by Crippen LogP contribution is 2.60. The number of Topliss-reactive ketones (excluding diaryl/α,β-unsaturated/α-hetero) is 1. The average molecular weight is 633 g/mol. The first kappa shape index (κ1) is 33.8. The first-order valence-electron chi connectivity index (χ1n) is 18.4. The van der Waals surface area contributed by atoms with Crippen LogP contribution in [0.25, 0.3) is 0 Å². The molecule has 0 bridgehead atoms. The van der Waals surface area contributed by atoms with E-state index in [0.717, 1.165) is 24.7 Å². The van der Waals surface area contributed by atoms with E-state index in [0.29, 0.717) is 30.6 Å². The van der Waals surface area contributed by atoms with Crippen molar-refractivity contribution in [3.63, 3.8) is 0 Å². The molecule has 12 unspecified atom stereocenters. The molecular weight excluding hydrogens is 572 g/mol. The van der Waals surface area contributed by atoms with E-state index in [1.165, 1.54) is 71.0 Å². The number of carbonyl (C=O) groups excluding carboxylic acids is 1. The lowest BCUT2D eigenvalue weighted by Gasteiger charge is -2.61. The third kappa shape index (κ3) is 5.74. The number of hydrogen-bond acceptors (Lipinski definition) is 9. The lowest BCUT2D eigenvalue weighted by molar-refractivity contribution is -0.233. The molecule has 0 spiro atoms. The van der Waals surface area contributed by atoms with Crippen molar-refractivity contribution in [1.82, 2.24) is 4.90 Å². The Labute approximate surface area is 269 Å². The molecule has 0 radical (unpaired) electrons. The molecule has 6 aliphatic rings. The number of fused-ring (bicyclic) bond motifs is 4. The number of nitrogens with zero attached hydrogens (tertiary/aromatic N) is 1. The second-order valence-electron chi connectivity index (χ2n) is 16.1. The molecule has 0 aromatic heterocycles. The van der Waals surface area contributed by atoms with E-state index in [1.54, 1.807) is 0 Å². The second-order valence-corrected chi connectivity index (χ2v) is 16.1. The molecule has 0 aliphatic heterocycles. The lowest BCUT2D eigenvalue weighted by Crippen LogP contribution is -2.70. The van der Waals surface area contributed by atoms with Crippen LogP contribution in [0.1, 0.15) is 97.3 Å². The van der Waals surface area contributed by atoms with Crippen molar-refractivity contribution >= 4 is 5.78 Å². The fourth-order valence-electron chi connectivity index (χ4n) is 12.2. The minimum atomic E-state index is -2.24. The van der Waals surface area contributed by atoms with Gasteiger partial charge in [-0.1, -0.05) is 26.7 Å². The van der Waals surface area contributed by atoms with Gasteiger partial charge < -0.3 is 41.3 Å². The van der Waals surface area contributed by atoms with Crippen LogP contribution in [0.3, 0.4) is 0 Å². The van der Waals surface area contributed by atoms with E-state index in [2.05, 4.69) is 18.7 Å². The number of aliphatic hydroxyl groups excluding tert-OH is 5. The van der Waals surface area contributed by atoms with E-state index >= 15 is 0 Å². The van der Waals surface area contributed by atoms with Gasteiger partial charge in [0.25, 0.3) is 0 Å². The molecule has 0 aromatic carbocycles. The average Bonchev–Trinajstić information content (AvgIpc) is 2.99. The van der Waals surface area contributed by atoms with Gasteiger partial charge in [0.2, 0.25) is 5.78 Å². The Kier molecular flexibility index (Phi) is 10.1. The summed E-state index contributed by atoms with van der Waals surface area (Å²) >= 11 is 0. The Morgan fingerprint density at radius 2 is 1.49 bits per heavy atom. The predicted molar refractivity (Wildman–Crippen MR) is 171 cm³/mol. The molecule has 5 fully saturated rings. The monoisotopic (exact) mass is 632 g/mol. The standard InChI is InChI=1S/C36H60N2O7/c1-3-13-38(14-4-2)18-19-9-10-24(23-8-6-5-7-22(19)23)25-11-12-27(39)30-26(25)16-20-15-21-17-28(40)31(35(37)44)34(43)36(21,45)33(42)29(20)32(30)41/h19-27,29-30,32-33,35,39-42,44-45H,3-18,37H2,1-2H3/t19?,20-,21+,22?,23?,24?,25?,26?,27?,29?,30?,32?,33?,35?,36+/m1/s1. The molecule has 9 heteroatoms. The number of hydrogen-bond donors (Lipinski definition) is 7. The fourth-order valence-corrected chi connectivity index (χ4v) is 12.2. The summed E-state index contributed by atoms with van der Waals surface area (Å²) < 4.78 is 0. The van der Waals surface area contributed by atoms with Gasteiger partial charge in [-0.15, -0.1) is 0 Å². The number of carbonyl (C=O) groups is 1. The van der Waals surface area contributed by atoms with E-state index in [1.807, 2.05) is 0 Å². The number of allylic oxidation sites excluding steroid dienone is 1. The highest BCUT2D eigenvalue weighted by atomic mass is 16.4. The van der Waals surface area contributed by atoms with Gasteiger partial charge in [0.1, 0.15) is 12.0 Å². The first-order valence-corrected chi connectivity index (χ1v) is 18.4. The molecule has 0 heterocycles. The van der Waals surface area contributed by atoms with Crippen molar-refractivity contribution in [2.45, 2.75) is 127 Å². The number of rotatable bonds is 8. The van der Waals surface area contributed by atoms with Gasteiger partial charge in [0, 0.05) is 30.7 Å². The van der Waals surface area contributed by atoms with Crippen LogP contribution in [0.5, 0.6) is 0 Å². The topological polar surface area (TPSA) is 168 Å². The van der Waals surface area contributed by atoms with Gasteiger partial charge in [0.05, 0.1) is 23.9 Å². The summed E-state index contributed by atoms with van der Waals surface area (Å²) in [6, 6.07) is 0. The van der Waals surface area contributed by atoms with Crippen molar-refractivity contribution in [1.29, 1.82) is 0 Å². The molecule has 5 saturated carbocycles. The van der Waals surface area contributed by atoms with Crippen molar-refractivity contribution < 1.29 is 35.4 Å². The summed E-state index contributed by atoms with van der Waals surface area (Å²) in [5, 5.41) is 67.3. The first-order chi connectivity index (χ1) is 21.5. The maximum Gasteiger partial charge on any atom is 0.200 e. The highest BCUT2D eigenvalue weighted by molar-refractivity contribution is 6.04. The van der Waals surface area contributed by atoms with Crippen LogP contribution in [-0.4, -0.2) is 91.1 Å².